The molecule has 10 heavy (non-hydrogen) atoms. The molecule has 0 heterocycles. The van der Waals surface area contributed by atoms with Crippen molar-refractivity contribution in [3.8, 4) is 0 Å². The van der Waals surface area contributed by atoms with E-state index in [-0.39, 0.29) is 0 Å². The summed E-state index contributed by atoms with van der Waals surface area (Å²) < 4.78 is 0. The normalized spacial score (nSPS) is 10.0. The minimum atomic E-state index is 1.32. The molecule has 60 valence electrons. The summed E-state index contributed by atoms with van der Waals surface area (Å²) in [6, 6.07) is 0. The summed E-state index contributed by atoms with van der Waals surface area (Å²) in [7, 11) is 0. The zero-order valence-corrected chi connectivity index (χ0v) is 7.72. The third kappa shape index (κ3) is 25.9. The molecule has 0 saturated carbocycles. The van der Waals surface area contributed by atoms with Gasteiger partial charge in [-0.2, -0.15) is 0 Å². The van der Waals surface area contributed by atoms with Gasteiger partial charge in [0.2, 0.25) is 0 Å². The van der Waals surface area contributed by atoms with Crippen LogP contribution in [0.2, 0.25) is 0 Å². The number of rotatable bonds is 2. The van der Waals surface area contributed by atoms with Crippen LogP contribution >= 0.6 is 0 Å². The number of unbranched alkanes of at least 4 members (excludes halogenated alkanes) is 1. The predicted octanol–water partition coefficient (Wildman–Crippen LogP) is 3.95. The Morgan fingerprint density at radius 3 is 1.20 bits per heavy atom. The Labute approximate surface area is 65.7 Å². The van der Waals surface area contributed by atoms with Crippen LogP contribution in [0.5, 0.6) is 0 Å². The Morgan fingerprint density at radius 1 is 0.800 bits per heavy atom. The van der Waals surface area contributed by atoms with E-state index >= 15 is 0 Å². The van der Waals surface area contributed by atoms with Gasteiger partial charge in [-0.05, 0) is 13.8 Å². The average Bonchev–Trinajstić information content (AvgIpc) is 2.01. The zero-order chi connectivity index (χ0) is 8.24. The number of hydrogen-bond donors (Lipinski definition) is 0. The smallest absolute Gasteiger partial charge is 0.0467 e. The van der Waals surface area contributed by atoms with Gasteiger partial charge in [-0.25, -0.2) is 0 Å². The second kappa shape index (κ2) is 15.8. The van der Waals surface area contributed by atoms with Crippen molar-refractivity contribution >= 4 is 0 Å². The van der Waals surface area contributed by atoms with E-state index in [0.29, 0.717) is 0 Å². The van der Waals surface area contributed by atoms with Crippen molar-refractivity contribution in [2.45, 2.75) is 40.5 Å². The molecule has 0 aromatic heterocycles. The fourth-order valence-electron chi connectivity index (χ4n) is 0.222. The SMILES string of the molecule is CC=C/C=C/C.CCCC. The van der Waals surface area contributed by atoms with Crippen LogP contribution < -0.4 is 0 Å². The third-order valence-electron chi connectivity index (χ3n) is 0.996. The van der Waals surface area contributed by atoms with Crippen molar-refractivity contribution in [1.82, 2.24) is 0 Å². The van der Waals surface area contributed by atoms with E-state index in [1.165, 1.54) is 12.8 Å². The molecule has 0 amide bonds. The standard InChI is InChI=1S/C6H10.C4H10/c1-3-5-6-4-2;1-3-4-2/h3-6H,1-2H3;3-4H2,1-2H3/b5-3+,6-4?;. The third-order valence-corrected chi connectivity index (χ3v) is 0.996. The molecule has 0 atom stereocenters. The predicted molar refractivity (Wildman–Crippen MR) is 50.2 cm³/mol. The monoisotopic (exact) mass is 140 g/mol. The molecule has 0 nitrogen and oxygen atoms in total. The lowest BCUT2D eigenvalue weighted by molar-refractivity contribution is 0.886. The highest BCUT2D eigenvalue weighted by atomic mass is 13.6. The lowest BCUT2D eigenvalue weighted by atomic mass is 10.4. The summed E-state index contributed by atoms with van der Waals surface area (Å²) in [5.74, 6) is 0. The minimum absolute atomic E-state index is 1.32. The molecule has 0 heteroatoms. The summed E-state index contributed by atoms with van der Waals surface area (Å²) in [6.45, 7) is 8.36. The zero-order valence-electron chi connectivity index (χ0n) is 7.72. The molecule has 0 aromatic carbocycles. The van der Waals surface area contributed by atoms with Crippen LogP contribution in [0.1, 0.15) is 40.5 Å². The van der Waals surface area contributed by atoms with E-state index in [2.05, 4.69) is 13.8 Å². The molecule has 0 aromatic rings. The Hall–Kier alpha value is -0.520. The van der Waals surface area contributed by atoms with Crippen LogP contribution in [0.25, 0.3) is 0 Å². The van der Waals surface area contributed by atoms with Crippen molar-refractivity contribution in [1.29, 1.82) is 0 Å². The second-order valence-electron chi connectivity index (χ2n) is 2.05. The van der Waals surface area contributed by atoms with Crippen LogP contribution in [0.15, 0.2) is 24.3 Å². The molecule has 0 unspecified atom stereocenters. The highest BCUT2D eigenvalue weighted by Gasteiger charge is 1.56. The Balaban J connectivity index is 0. The lowest BCUT2D eigenvalue weighted by Gasteiger charge is -1.68. The summed E-state index contributed by atoms with van der Waals surface area (Å²) >= 11 is 0. The molecule has 0 aliphatic rings. The van der Waals surface area contributed by atoms with E-state index in [9.17, 15) is 0 Å². The van der Waals surface area contributed by atoms with Gasteiger partial charge in [0.15, 0.2) is 0 Å². The Kier molecular flexibility index (Phi) is 19.3. The number of allylic oxidation sites excluding steroid dienone is 4. The van der Waals surface area contributed by atoms with Gasteiger partial charge in [-0.15, -0.1) is 0 Å². The molecule has 0 aliphatic heterocycles. The van der Waals surface area contributed by atoms with Crippen molar-refractivity contribution in [2.75, 3.05) is 0 Å². The molecule has 0 saturated heterocycles. The van der Waals surface area contributed by atoms with Crippen LogP contribution in [0, 0.1) is 0 Å². The molecule has 0 radical (unpaired) electrons. The van der Waals surface area contributed by atoms with Crippen molar-refractivity contribution in [3.05, 3.63) is 24.3 Å². The first-order valence-electron chi connectivity index (χ1n) is 4.07. The van der Waals surface area contributed by atoms with Gasteiger partial charge in [-0.1, -0.05) is 51.0 Å². The fraction of sp³-hybridized carbons (Fsp3) is 0.600. The van der Waals surface area contributed by atoms with Gasteiger partial charge < -0.3 is 0 Å². The number of hydrogen-bond acceptors (Lipinski definition) is 0. The van der Waals surface area contributed by atoms with Gasteiger partial charge in [0.05, 0.1) is 0 Å². The van der Waals surface area contributed by atoms with E-state index in [1.807, 2.05) is 38.2 Å². The van der Waals surface area contributed by atoms with Gasteiger partial charge in [0.1, 0.15) is 0 Å². The van der Waals surface area contributed by atoms with Crippen LogP contribution in [0.4, 0.5) is 0 Å². The molecule has 0 spiro atoms. The van der Waals surface area contributed by atoms with Gasteiger partial charge in [-0.3, -0.25) is 0 Å². The molecule has 0 N–H and O–H groups in total. The highest BCUT2D eigenvalue weighted by Crippen LogP contribution is 1.76. The summed E-state index contributed by atoms with van der Waals surface area (Å²) in [6.07, 6.45) is 10.6. The van der Waals surface area contributed by atoms with Crippen LogP contribution in [-0.2, 0) is 0 Å². The van der Waals surface area contributed by atoms with Crippen molar-refractivity contribution in [3.63, 3.8) is 0 Å². The average molecular weight is 140 g/mol. The maximum Gasteiger partial charge on any atom is -0.0467 e. The van der Waals surface area contributed by atoms with E-state index in [0.717, 1.165) is 0 Å². The molecule has 0 bridgehead atoms. The lowest BCUT2D eigenvalue weighted by Crippen LogP contribution is -1.47. The van der Waals surface area contributed by atoms with Crippen molar-refractivity contribution < 1.29 is 0 Å². The van der Waals surface area contributed by atoms with Gasteiger partial charge >= 0.3 is 0 Å². The van der Waals surface area contributed by atoms with Gasteiger partial charge in [0.25, 0.3) is 0 Å². The van der Waals surface area contributed by atoms with E-state index < -0.39 is 0 Å². The summed E-state index contributed by atoms with van der Waals surface area (Å²) in [5.41, 5.74) is 0. The Morgan fingerprint density at radius 2 is 1.10 bits per heavy atom. The van der Waals surface area contributed by atoms with Crippen molar-refractivity contribution in [2.24, 2.45) is 0 Å². The Bertz CT molecular complexity index is 66.0. The molecule has 0 rings (SSSR count). The van der Waals surface area contributed by atoms with Gasteiger partial charge in [0, 0.05) is 0 Å². The largest absolute Gasteiger partial charge is 0.0877 e. The molecular weight excluding hydrogens is 120 g/mol. The fourth-order valence-corrected chi connectivity index (χ4v) is 0.222. The first-order valence-corrected chi connectivity index (χ1v) is 4.07. The van der Waals surface area contributed by atoms with E-state index in [4.69, 9.17) is 0 Å². The first-order chi connectivity index (χ1) is 4.83. The highest BCUT2D eigenvalue weighted by molar-refractivity contribution is 4.98. The molecule has 0 fully saturated rings. The van der Waals surface area contributed by atoms with Crippen LogP contribution in [-0.4, -0.2) is 0 Å². The maximum absolute atomic E-state index is 2.18. The summed E-state index contributed by atoms with van der Waals surface area (Å²) in [5, 5.41) is 0. The quantitative estimate of drug-likeness (QED) is 0.509. The second-order valence-corrected chi connectivity index (χ2v) is 2.05. The van der Waals surface area contributed by atoms with Crippen LogP contribution in [0.3, 0.4) is 0 Å². The molecule has 0 aliphatic carbocycles. The topological polar surface area (TPSA) is 0 Å². The molecular formula is C10H20. The minimum Gasteiger partial charge on any atom is -0.0877 e. The van der Waals surface area contributed by atoms with E-state index in [1.54, 1.807) is 0 Å². The first kappa shape index (κ1) is 12.2. The summed E-state index contributed by atoms with van der Waals surface area (Å²) in [4.78, 5) is 0. The maximum atomic E-state index is 2.18.